The highest BCUT2D eigenvalue weighted by Gasteiger charge is 2.40. The van der Waals surface area contributed by atoms with E-state index in [0.29, 0.717) is 4.47 Å². The third-order valence-electron chi connectivity index (χ3n) is 3.25. The van der Waals surface area contributed by atoms with Crippen LogP contribution in [0.15, 0.2) is 51.8 Å². The quantitative estimate of drug-likeness (QED) is 0.659. The molecule has 0 aliphatic carbocycles. The average Bonchev–Trinajstić information content (AvgIpc) is 2.52. The molecule has 0 atom stereocenters. The van der Waals surface area contributed by atoms with Crippen LogP contribution in [0.1, 0.15) is 21.5 Å². The largest absolute Gasteiger partial charge is 0.417 e. The molecule has 0 aliphatic heterocycles. The monoisotopic (exact) mass is 475 g/mol. The summed E-state index contributed by atoms with van der Waals surface area (Å²) in [5.74, 6) is -1.71. The predicted octanol–water partition coefficient (Wildman–Crippen LogP) is 4.61. The van der Waals surface area contributed by atoms with Crippen LogP contribution < -0.4 is 4.72 Å². The Hall–Kier alpha value is -2.08. The van der Waals surface area contributed by atoms with Crippen molar-refractivity contribution in [2.45, 2.75) is 17.2 Å². The van der Waals surface area contributed by atoms with E-state index in [-0.39, 0.29) is 18.2 Å². The van der Waals surface area contributed by atoms with E-state index in [1.165, 1.54) is 16.9 Å². The van der Waals surface area contributed by atoms with Crippen LogP contribution in [0, 0.1) is 0 Å². The fourth-order valence-electron chi connectivity index (χ4n) is 2.00. The molecule has 0 aromatic heterocycles. The van der Waals surface area contributed by atoms with Gasteiger partial charge in [0.25, 0.3) is 15.9 Å². The Morgan fingerprint density at radius 2 is 1.44 bits per heavy atom. The van der Waals surface area contributed by atoms with Gasteiger partial charge in [0.1, 0.15) is 0 Å². The van der Waals surface area contributed by atoms with Crippen LogP contribution in [-0.4, -0.2) is 14.3 Å². The van der Waals surface area contributed by atoms with Crippen molar-refractivity contribution in [3.05, 3.63) is 63.6 Å². The lowest BCUT2D eigenvalue weighted by Gasteiger charge is -2.16. The van der Waals surface area contributed by atoms with Crippen LogP contribution in [0.4, 0.5) is 26.3 Å². The van der Waals surface area contributed by atoms with E-state index >= 15 is 0 Å². The molecule has 0 fully saturated rings. The molecule has 0 heterocycles. The first-order valence-corrected chi connectivity index (χ1v) is 9.10. The third kappa shape index (κ3) is 5.01. The Morgan fingerprint density at radius 1 is 0.889 bits per heavy atom. The molecule has 4 nitrogen and oxygen atoms in total. The Bertz CT molecular complexity index is 969. The van der Waals surface area contributed by atoms with Gasteiger partial charge in [-0.05, 0) is 42.5 Å². The number of rotatable bonds is 3. The molecule has 1 amide bonds. The van der Waals surface area contributed by atoms with Crippen LogP contribution in [0.2, 0.25) is 0 Å². The van der Waals surface area contributed by atoms with Crippen molar-refractivity contribution in [2.75, 3.05) is 0 Å². The topological polar surface area (TPSA) is 63.2 Å². The van der Waals surface area contributed by atoms with Gasteiger partial charge in [0.15, 0.2) is 0 Å². The van der Waals surface area contributed by atoms with Crippen LogP contribution in [0.3, 0.4) is 0 Å². The van der Waals surface area contributed by atoms with E-state index in [4.69, 9.17) is 0 Å². The number of carbonyl (C=O) groups is 1. The maximum Gasteiger partial charge on any atom is 0.417 e. The van der Waals surface area contributed by atoms with Gasteiger partial charge in [-0.3, -0.25) is 4.79 Å². The SMILES string of the molecule is O=C(NS(=O)(=O)c1ccc(Br)cc1)c1ccc(C(F)(F)F)cc1C(F)(F)F. The lowest BCUT2D eigenvalue weighted by molar-refractivity contribution is -0.143. The zero-order valence-electron chi connectivity index (χ0n) is 12.8. The lowest BCUT2D eigenvalue weighted by Crippen LogP contribution is -2.32. The summed E-state index contributed by atoms with van der Waals surface area (Å²) in [7, 11) is -4.54. The molecular weight excluding hydrogens is 468 g/mol. The molecule has 0 spiro atoms. The summed E-state index contributed by atoms with van der Waals surface area (Å²) in [6, 6.07) is 5.08. The zero-order valence-corrected chi connectivity index (χ0v) is 15.2. The second-order valence-corrected chi connectivity index (χ2v) is 7.74. The number of amides is 1. The molecular formula is C15H8BrF6NO3S. The summed E-state index contributed by atoms with van der Waals surface area (Å²) in [5, 5.41) is 0. The van der Waals surface area contributed by atoms with Crippen LogP contribution in [-0.2, 0) is 22.4 Å². The minimum atomic E-state index is -5.31. The Kier molecular flexibility index (Phi) is 5.62. The Labute approximate surface area is 157 Å². The Balaban J connectivity index is 2.45. The molecule has 2 aromatic rings. The number of carbonyl (C=O) groups excluding carboxylic acids is 1. The van der Waals surface area contributed by atoms with Gasteiger partial charge in [-0.15, -0.1) is 0 Å². The molecule has 0 aliphatic rings. The summed E-state index contributed by atoms with van der Waals surface area (Å²) in [6.45, 7) is 0. The van der Waals surface area contributed by atoms with E-state index in [2.05, 4.69) is 15.9 Å². The molecule has 0 radical (unpaired) electrons. The normalized spacial score (nSPS) is 12.7. The maximum atomic E-state index is 13.1. The van der Waals surface area contributed by atoms with Crippen molar-refractivity contribution in [3.8, 4) is 0 Å². The predicted molar refractivity (Wildman–Crippen MR) is 85.2 cm³/mol. The highest BCUT2D eigenvalue weighted by Crippen LogP contribution is 2.37. The molecule has 12 heteroatoms. The first kappa shape index (κ1) is 21.2. The highest BCUT2D eigenvalue weighted by molar-refractivity contribution is 9.10. The van der Waals surface area contributed by atoms with Gasteiger partial charge < -0.3 is 0 Å². The number of benzene rings is 2. The second-order valence-electron chi connectivity index (χ2n) is 5.14. The first-order chi connectivity index (χ1) is 12.2. The van der Waals surface area contributed by atoms with E-state index in [9.17, 15) is 39.6 Å². The molecule has 27 heavy (non-hydrogen) atoms. The number of hydrogen-bond donors (Lipinski definition) is 1. The minimum absolute atomic E-state index is 0.249. The molecule has 2 rings (SSSR count). The van der Waals surface area contributed by atoms with E-state index in [0.717, 1.165) is 12.1 Å². The smallest absolute Gasteiger partial charge is 0.268 e. The summed E-state index contributed by atoms with van der Waals surface area (Å²) >= 11 is 3.05. The summed E-state index contributed by atoms with van der Waals surface area (Å²) < 4.78 is 103. The third-order valence-corrected chi connectivity index (χ3v) is 5.12. The van der Waals surface area contributed by atoms with Gasteiger partial charge in [0.2, 0.25) is 0 Å². The molecule has 0 saturated carbocycles. The number of hydrogen-bond acceptors (Lipinski definition) is 3. The van der Waals surface area contributed by atoms with Crippen LogP contribution in [0.25, 0.3) is 0 Å². The minimum Gasteiger partial charge on any atom is -0.268 e. The number of halogens is 7. The fourth-order valence-corrected chi connectivity index (χ4v) is 3.23. The van der Waals surface area contributed by atoms with E-state index < -0.39 is 49.9 Å². The molecule has 0 saturated heterocycles. The fraction of sp³-hybridized carbons (Fsp3) is 0.133. The second kappa shape index (κ2) is 7.15. The average molecular weight is 476 g/mol. The summed E-state index contributed by atoms with van der Waals surface area (Å²) in [4.78, 5) is 11.6. The Morgan fingerprint density at radius 3 is 1.93 bits per heavy atom. The van der Waals surface area contributed by atoms with Crippen molar-refractivity contribution in [3.63, 3.8) is 0 Å². The van der Waals surface area contributed by atoms with Crippen LogP contribution >= 0.6 is 15.9 Å². The van der Waals surface area contributed by atoms with Gasteiger partial charge in [-0.25, -0.2) is 13.1 Å². The van der Waals surface area contributed by atoms with Gasteiger partial charge in [-0.2, -0.15) is 26.3 Å². The van der Waals surface area contributed by atoms with Gasteiger partial charge in [0, 0.05) is 4.47 Å². The van der Waals surface area contributed by atoms with Crippen LogP contribution in [0.5, 0.6) is 0 Å². The molecule has 2 aromatic carbocycles. The first-order valence-electron chi connectivity index (χ1n) is 6.83. The van der Waals surface area contributed by atoms with Gasteiger partial charge in [-0.1, -0.05) is 15.9 Å². The number of nitrogens with one attached hydrogen (secondary N) is 1. The van der Waals surface area contributed by atoms with Crippen molar-refractivity contribution in [2.24, 2.45) is 0 Å². The number of sulfonamides is 1. The lowest BCUT2D eigenvalue weighted by atomic mass is 10.0. The molecule has 0 bridgehead atoms. The van der Waals surface area contributed by atoms with E-state index in [1.807, 2.05) is 0 Å². The maximum absolute atomic E-state index is 13.1. The summed E-state index contributed by atoms with van der Waals surface area (Å²) in [5.41, 5.74) is -4.78. The van der Waals surface area contributed by atoms with Crippen molar-refractivity contribution < 1.29 is 39.6 Å². The van der Waals surface area contributed by atoms with Crippen molar-refractivity contribution in [1.82, 2.24) is 4.72 Å². The van der Waals surface area contributed by atoms with Gasteiger partial charge in [0.05, 0.1) is 21.6 Å². The van der Waals surface area contributed by atoms with Gasteiger partial charge >= 0.3 is 12.4 Å². The molecule has 1 N–H and O–H groups in total. The standard InChI is InChI=1S/C15H8BrF6NO3S/c16-9-2-4-10(5-3-9)27(25,26)23-13(24)11-6-1-8(14(17,18)19)7-12(11)15(20,21)22/h1-7H,(H,23,24). The zero-order chi connectivity index (χ0) is 20.6. The van der Waals surface area contributed by atoms with E-state index in [1.54, 1.807) is 0 Å². The summed E-state index contributed by atoms with van der Waals surface area (Å²) in [6.07, 6.45) is -10.4. The molecule has 0 unspecified atom stereocenters. The van der Waals surface area contributed by atoms with Crippen molar-refractivity contribution >= 4 is 31.9 Å². The molecule has 146 valence electrons. The van der Waals surface area contributed by atoms with Crippen molar-refractivity contribution in [1.29, 1.82) is 0 Å². The highest BCUT2D eigenvalue weighted by atomic mass is 79.9. The number of alkyl halides is 6.